The maximum atomic E-state index is 12.0. The van der Waals surface area contributed by atoms with E-state index < -0.39 is 5.97 Å². The molecule has 1 N–H and O–H groups in total. The summed E-state index contributed by atoms with van der Waals surface area (Å²) in [6.07, 6.45) is 2.76. The summed E-state index contributed by atoms with van der Waals surface area (Å²) in [6.45, 7) is 5.92. The van der Waals surface area contributed by atoms with E-state index in [1.165, 1.54) is 11.8 Å². The molecule has 2 aromatic rings. The fourth-order valence-electron chi connectivity index (χ4n) is 2.19. The van der Waals surface area contributed by atoms with Crippen LogP contribution in [0.1, 0.15) is 30.3 Å². The minimum absolute atomic E-state index is 0.0378. The molecule has 2 aromatic heterocycles. The number of hydrogen-bond donors (Lipinski definition) is 1. The third-order valence-electron chi connectivity index (χ3n) is 3.47. The molecule has 0 unspecified atom stereocenters. The van der Waals surface area contributed by atoms with Crippen LogP contribution >= 0.6 is 11.8 Å². The van der Waals surface area contributed by atoms with Gasteiger partial charge in [0.2, 0.25) is 5.16 Å². The molecule has 0 aliphatic rings. The van der Waals surface area contributed by atoms with Gasteiger partial charge in [-0.2, -0.15) is 4.98 Å². The van der Waals surface area contributed by atoms with Gasteiger partial charge in [0.05, 0.1) is 6.42 Å². The first-order chi connectivity index (χ1) is 11.5. The summed E-state index contributed by atoms with van der Waals surface area (Å²) in [6, 6.07) is 0. The number of ether oxygens (including phenoxy) is 1. The number of amides is 1. The second-order valence-corrected chi connectivity index (χ2v) is 6.03. The zero-order chi connectivity index (χ0) is 17.7. The molecule has 130 valence electrons. The molecule has 0 fully saturated rings. The van der Waals surface area contributed by atoms with Crippen LogP contribution in [0.5, 0.6) is 0 Å². The Morgan fingerprint density at radius 3 is 2.71 bits per heavy atom. The van der Waals surface area contributed by atoms with Crippen LogP contribution in [-0.2, 0) is 20.7 Å². The van der Waals surface area contributed by atoms with Crippen LogP contribution in [0.4, 0.5) is 0 Å². The first-order valence-corrected chi connectivity index (χ1v) is 8.87. The molecule has 0 saturated carbocycles. The number of nitrogens with zero attached hydrogens (tertiary/aromatic N) is 4. The van der Waals surface area contributed by atoms with Crippen molar-refractivity contribution in [2.75, 3.05) is 19.4 Å². The summed E-state index contributed by atoms with van der Waals surface area (Å²) in [4.78, 5) is 32.2. The van der Waals surface area contributed by atoms with Gasteiger partial charge in [0, 0.05) is 23.5 Å². The summed E-state index contributed by atoms with van der Waals surface area (Å²) in [5, 5.41) is 7.61. The number of nitrogens with one attached hydrogen (secondary N) is 1. The number of aryl methyl sites for hydroxylation is 2. The maximum Gasteiger partial charge on any atom is 0.310 e. The van der Waals surface area contributed by atoms with E-state index in [2.05, 4.69) is 20.4 Å². The van der Waals surface area contributed by atoms with Crippen LogP contribution in [0.2, 0.25) is 0 Å². The molecule has 1 amide bonds. The van der Waals surface area contributed by atoms with Crippen molar-refractivity contribution in [3.8, 4) is 0 Å². The number of rotatable bonds is 7. The van der Waals surface area contributed by atoms with Gasteiger partial charge >= 0.3 is 5.97 Å². The smallest absolute Gasteiger partial charge is 0.310 e. The molecule has 2 heterocycles. The number of hydrogen-bond acceptors (Lipinski definition) is 7. The molecule has 0 atom stereocenters. The lowest BCUT2D eigenvalue weighted by atomic mass is 10.1. The van der Waals surface area contributed by atoms with Crippen molar-refractivity contribution in [1.29, 1.82) is 0 Å². The van der Waals surface area contributed by atoms with Crippen molar-refractivity contribution >= 4 is 29.4 Å². The normalized spacial score (nSPS) is 10.8. The Hall–Kier alpha value is -2.16. The molecule has 0 aliphatic heterocycles. The highest BCUT2D eigenvalue weighted by Gasteiger charge is 2.17. The summed E-state index contributed by atoms with van der Waals surface area (Å²) in [7, 11) is 0. The van der Waals surface area contributed by atoms with Gasteiger partial charge in [-0.1, -0.05) is 18.7 Å². The van der Waals surface area contributed by atoms with Gasteiger partial charge in [-0.05, 0) is 26.5 Å². The Balaban J connectivity index is 2.08. The Bertz CT molecular complexity index is 759. The number of esters is 1. The number of carbonyl (C=O) groups excluding carboxylic acids is 2. The Labute approximate surface area is 144 Å². The zero-order valence-corrected chi connectivity index (χ0v) is 15.1. The monoisotopic (exact) mass is 351 g/mol. The Morgan fingerprint density at radius 2 is 2.04 bits per heavy atom. The van der Waals surface area contributed by atoms with Crippen LogP contribution in [0.15, 0.2) is 5.16 Å². The van der Waals surface area contributed by atoms with Crippen molar-refractivity contribution < 1.29 is 14.3 Å². The van der Waals surface area contributed by atoms with Crippen molar-refractivity contribution in [2.45, 2.75) is 38.8 Å². The lowest BCUT2D eigenvalue weighted by molar-refractivity contribution is -0.147. The molecule has 9 heteroatoms. The fourth-order valence-corrected chi connectivity index (χ4v) is 2.53. The molecule has 0 bridgehead atoms. The third-order valence-corrected chi connectivity index (χ3v) is 4.01. The summed E-state index contributed by atoms with van der Waals surface area (Å²) < 4.78 is 6.65. The highest BCUT2D eigenvalue weighted by Crippen LogP contribution is 2.17. The molecule has 0 radical (unpaired) electrons. The Kier molecular flexibility index (Phi) is 6.13. The van der Waals surface area contributed by atoms with E-state index >= 15 is 0 Å². The van der Waals surface area contributed by atoms with Crippen molar-refractivity contribution in [1.82, 2.24) is 24.9 Å². The van der Waals surface area contributed by atoms with Gasteiger partial charge in [-0.15, -0.1) is 5.10 Å². The molecule has 0 aliphatic carbocycles. The summed E-state index contributed by atoms with van der Waals surface area (Å²) in [5.41, 5.74) is 2.23. The number of thioether (sulfide) groups is 1. The van der Waals surface area contributed by atoms with E-state index in [0.717, 1.165) is 17.7 Å². The Morgan fingerprint density at radius 1 is 1.29 bits per heavy atom. The zero-order valence-electron chi connectivity index (χ0n) is 14.3. The van der Waals surface area contributed by atoms with Gasteiger partial charge in [0.15, 0.2) is 6.61 Å². The van der Waals surface area contributed by atoms with Crippen LogP contribution in [0, 0.1) is 13.8 Å². The van der Waals surface area contributed by atoms with Crippen LogP contribution < -0.4 is 5.32 Å². The van der Waals surface area contributed by atoms with Crippen molar-refractivity contribution in [2.24, 2.45) is 0 Å². The fraction of sp³-hybridized carbons (Fsp3) is 0.533. The van der Waals surface area contributed by atoms with Gasteiger partial charge in [-0.3, -0.25) is 9.59 Å². The van der Waals surface area contributed by atoms with E-state index in [4.69, 9.17) is 4.74 Å². The molecular weight excluding hydrogens is 330 g/mol. The topological polar surface area (TPSA) is 98.5 Å². The SMILES string of the molecule is CCCNC(=O)COC(=O)Cc1c(C)nc2nc(SC)nn2c1C. The lowest BCUT2D eigenvalue weighted by Gasteiger charge is -2.10. The van der Waals surface area contributed by atoms with Crippen molar-refractivity contribution in [3.63, 3.8) is 0 Å². The molecule has 0 aromatic carbocycles. The predicted octanol–water partition coefficient (Wildman–Crippen LogP) is 1.07. The van der Waals surface area contributed by atoms with Gasteiger partial charge in [0.25, 0.3) is 11.7 Å². The van der Waals surface area contributed by atoms with Crippen LogP contribution in [0.3, 0.4) is 0 Å². The van der Waals surface area contributed by atoms with E-state index in [9.17, 15) is 9.59 Å². The van der Waals surface area contributed by atoms with Crippen LogP contribution in [0.25, 0.3) is 5.78 Å². The first-order valence-electron chi connectivity index (χ1n) is 7.65. The maximum absolute atomic E-state index is 12.0. The molecule has 2 rings (SSSR count). The minimum atomic E-state index is -0.473. The number of aromatic nitrogens is 4. The summed E-state index contributed by atoms with van der Waals surface area (Å²) >= 11 is 1.43. The molecule has 24 heavy (non-hydrogen) atoms. The first kappa shape index (κ1) is 18.2. The second kappa shape index (κ2) is 8.09. The average molecular weight is 351 g/mol. The third kappa shape index (κ3) is 4.22. The quantitative estimate of drug-likeness (QED) is 0.588. The molecule has 0 spiro atoms. The van der Waals surface area contributed by atoms with Gasteiger partial charge < -0.3 is 10.1 Å². The van der Waals surface area contributed by atoms with Gasteiger partial charge in [0.1, 0.15) is 0 Å². The highest BCUT2D eigenvalue weighted by molar-refractivity contribution is 7.98. The van der Waals surface area contributed by atoms with Crippen molar-refractivity contribution in [3.05, 3.63) is 17.0 Å². The van der Waals surface area contributed by atoms with E-state index in [-0.39, 0.29) is 18.9 Å². The average Bonchev–Trinajstić information content (AvgIpc) is 2.98. The molecular formula is C15H21N5O3S. The number of fused-ring (bicyclic) bond motifs is 1. The lowest BCUT2D eigenvalue weighted by Crippen LogP contribution is -2.29. The van der Waals surface area contributed by atoms with E-state index in [0.29, 0.717) is 23.2 Å². The van der Waals surface area contributed by atoms with E-state index in [1.54, 1.807) is 4.52 Å². The van der Waals surface area contributed by atoms with Gasteiger partial charge in [-0.25, -0.2) is 9.50 Å². The highest BCUT2D eigenvalue weighted by atomic mass is 32.2. The van der Waals surface area contributed by atoms with Crippen LogP contribution in [-0.4, -0.2) is 50.9 Å². The minimum Gasteiger partial charge on any atom is -0.455 e. The predicted molar refractivity (Wildman–Crippen MR) is 90.0 cm³/mol. The second-order valence-electron chi connectivity index (χ2n) is 5.26. The van der Waals surface area contributed by atoms with E-state index in [1.807, 2.05) is 27.0 Å². The largest absolute Gasteiger partial charge is 0.455 e. The molecule has 0 saturated heterocycles. The summed E-state index contributed by atoms with van der Waals surface area (Å²) in [5.74, 6) is -0.266. The molecule has 8 nitrogen and oxygen atoms in total. The standard InChI is InChI=1S/C15H21N5O3S/c1-5-6-16-12(21)8-23-13(22)7-11-9(2)17-14-18-15(24-4)19-20(14)10(11)3/h5-8H2,1-4H3,(H,16,21). The number of carbonyl (C=O) groups is 2.